The highest BCUT2D eigenvalue weighted by molar-refractivity contribution is 5.79. The Labute approximate surface area is 196 Å². The normalized spacial score (nSPS) is 23.5. The van der Waals surface area contributed by atoms with E-state index in [1.54, 1.807) is 12.1 Å². The summed E-state index contributed by atoms with van der Waals surface area (Å²) >= 11 is 0. The zero-order valence-electron chi connectivity index (χ0n) is 18.4. The van der Waals surface area contributed by atoms with Crippen molar-refractivity contribution in [2.24, 2.45) is 0 Å². The number of aryl methyl sites for hydroxylation is 2. The van der Waals surface area contributed by atoms with Gasteiger partial charge in [0.1, 0.15) is 24.1 Å². The average molecular weight is 478 g/mol. The van der Waals surface area contributed by atoms with E-state index in [1.165, 1.54) is 24.3 Å². The average Bonchev–Trinajstić information content (AvgIpc) is 2.80. The maximum atomic E-state index is 12.7. The first-order valence-electron chi connectivity index (χ1n) is 11.0. The Morgan fingerprint density at radius 2 is 1.47 bits per heavy atom. The maximum absolute atomic E-state index is 12.7. The highest BCUT2D eigenvalue weighted by atomic mass is 16.7. The Morgan fingerprint density at radius 3 is 2.06 bits per heavy atom. The monoisotopic (exact) mass is 478 g/mol. The van der Waals surface area contributed by atoms with E-state index in [1.807, 2.05) is 0 Å². The first-order chi connectivity index (χ1) is 16.1. The fourth-order valence-corrected chi connectivity index (χ4v) is 3.72. The van der Waals surface area contributed by atoms with Crippen molar-refractivity contribution in [2.45, 2.75) is 62.8 Å². The Morgan fingerprint density at radius 1 is 0.882 bits per heavy atom. The Bertz CT molecular complexity index is 978. The lowest BCUT2D eigenvalue weighted by atomic mass is 9.99. The van der Waals surface area contributed by atoms with Crippen molar-refractivity contribution in [2.75, 3.05) is 6.61 Å². The molecule has 0 bridgehead atoms. The second kappa shape index (κ2) is 11.5. The van der Waals surface area contributed by atoms with Gasteiger partial charge in [0.05, 0.1) is 12.7 Å². The van der Waals surface area contributed by atoms with E-state index >= 15 is 0 Å². The summed E-state index contributed by atoms with van der Waals surface area (Å²) < 4.78 is 11.1. The number of phenolic OH excluding ortho intramolecular Hbond substituents is 4. The predicted molar refractivity (Wildman–Crippen MR) is 118 cm³/mol. The van der Waals surface area contributed by atoms with Gasteiger partial charge in [0, 0.05) is 12.8 Å². The summed E-state index contributed by atoms with van der Waals surface area (Å²) in [6, 6.07) is 8.70. The van der Waals surface area contributed by atoms with Gasteiger partial charge in [0.25, 0.3) is 0 Å². The third kappa shape index (κ3) is 6.81. The number of Topliss-reactive ketones (excluding diaryl/α,β-unsaturated/α-hetero) is 1. The fraction of sp³-hybridized carbons (Fsp3) is 0.458. The van der Waals surface area contributed by atoms with Crippen molar-refractivity contribution in [1.29, 1.82) is 0 Å². The molecule has 10 nitrogen and oxygen atoms in total. The smallest absolute Gasteiger partial charge is 0.186 e. The second-order valence-electron chi connectivity index (χ2n) is 8.44. The molecule has 0 radical (unpaired) electrons. The summed E-state index contributed by atoms with van der Waals surface area (Å²) in [4.78, 5) is 12.7. The van der Waals surface area contributed by atoms with Gasteiger partial charge >= 0.3 is 0 Å². The van der Waals surface area contributed by atoms with Crippen molar-refractivity contribution in [3.8, 4) is 23.0 Å². The zero-order chi connectivity index (χ0) is 24.8. The molecule has 2 aromatic carbocycles. The lowest BCUT2D eigenvalue weighted by Crippen LogP contribution is -2.54. The van der Waals surface area contributed by atoms with E-state index in [2.05, 4.69) is 0 Å². The van der Waals surface area contributed by atoms with Crippen LogP contribution in [-0.4, -0.2) is 78.8 Å². The van der Waals surface area contributed by atoms with Crippen LogP contribution in [0, 0.1) is 0 Å². The van der Waals surface area contributed by atoms with E-state index in [-0.39, 0.29) is 48.2 Å². The van der Waals surface area contributed by atoms with E-state index in [0.717, 1.165) is 0 Å². The van der Waals surface area contributed by atoms with Crippen LogP contribution in [-0.2, 0) is 27.1 Å². The third-order valence-corrected chi connectivity index (χ3v) is 5.76. The molecule has 1 aliphatic rings. The molecule has 0 aliphatic carbocycles. The van der Waals surface area contributed by atoms with Gasteiger partial charge in [-0.1, -0.05) is 12.1 Å². The van der Waals surface area contributed by atoms with Gasteiger partial charge < -0.3 is 45.2 Å². The quantitative estimate of drug-likeness (QED) is 0.242. The molecule has 1 aliphatic heterocycles. The zero-order valence-corrected chi connectivity index (χ0v) is 18.4. The number of aromatic hydroxyl groups is 4. The molecule has 34 heavy (non-hydrogen) atoms. The summed E-state index contributed by atoms with van der Waals surface area (Å²) in [5.74, 6) is -1.20. The number of benzene rings is 2. The number of carbonyl (C=O) groups is 1. The van der Waals surface area contributed by atoms with Crippen molar-refractivity contribution in [3.63, 3.8) is 0 Å². The number of phenols is 4. The van der Waals surface area contributed by atoms with Crippen LogP contribution in [0.4, 0.5) is 0 Å². The van der Waals surface area contributed by atoms with E-state index in [9.17, 15) is 40.5 Å². The standard InChI is InChI=1S/C24H30O10/c25-15(5-1-13-3-7-17(26)19(28)9-13)11-16(6-2-14-4-8-18(27)20(29)10-14)34-24-23(32)22(31)21(30)12-33-24/h3-4,7-10,16,21-24,26-32H,1-2,5-6,11-12H2/t16-,21?,22?,23?,24?/m0/s1. The number of aliphatic hydroxyl groups excluding tert-OH is 3. The van der Waals surface area contributed by atoms with Gasteiger partial charge in [0.2, 0.25) is 0 Å². The molecule has 1 saturated heterocycles. The number of ether oxygens (including phenoxy) is 2. The molecule has 0 aromatic heterocycles. The summed E-state index contributed by atoms with van der Waals surface area (Å²) in [6.07, 6.45) is -5.02. The number of aliphatic hydroxyl groups is 3. The SMILES string of the molecule is O=C(CCc1ccc(O)c(O)c1)C[C@H](CCc1ccc(O)c(O)c1)OC1OCC(O)C(O)C1O. The second-order valence-corrected chi connectivity index (χ2v) is 8.44. The molecular weight excluding hydrogens is 448 g/mol. The van der Waals surface area contributed by atoms with Crippen LogP contribution < -0.4 is 0 Å². The molecule has 0 amide bonds. The molecule has 4 unspecified atom stereocenters. The van der Waals surface area contributed by atoms with Crippen molar-refractivity contribution < 1.29 is 50.0 Å². The highest BCUT2D eigenvalue weighted by Crippen LogP contribution is 2.28. The molecule has 10 heteroatoms. The summed E-state index contributed by atoms with van der Waals surface area (Å²) in [7, 11) is 0. The molecule has 7 N–H and O–H groups in total. The molecule has 0 spiro atoms. The third-order valence-electron chi connectivity index (χ3n) is 5.76. The number of hydrogen-bond acceptors (Lipinski definition) is 10. The van der Waals surface area contributed by atoms with Gasteiger partial charge in [-0.05, 0) is 54.7 Å². The van der Waals surface area contributed by atoms with Crippen LogP contribution in [0.1, 0.15) is 30.4 Å². The minimum Gasteiger partial charge on any atom is -0.504 e. The van der Waals surface area contributed by atoms with Crippen LogP contribution >= 0.6 is 0 Å². The van der Waals surface area contributed by atoms with Gasteiger partial charge in [-0.2, -0.15) is 0 Å². The fourth-order valence-electron chi connectivity index (χ4n) is 3.72. The first kappa shape index (κ1) is 25.7. The Balaban J connectivity index is 1.63. The minimum absolute atomic E-state index is 0.0284. The molecule has 1 fully saturated rings. The van der Waals surface area contributed by atoms with Crippen molar-refractivity contribution >= 4 is 5.78 Å². The number of ketones is 1. The topological polar surface area (TPSA) is 177 Å². The molecule has 3 rings (SSSR count). The van der Waals surface area contributed by atoms with Crippen LogP contribution in [0.5, 0.6) is 23.0 Å². The number of hydrogen-bond donors (Lipinski definition) is 7. The molecule has 5 atom stereocenters. The maximum Gasteiger partial charge on any atom is 0.186 e. The van der Waals surface area contributed by atoms with E-state index in [0.29, 0.717) is 30.4 Å². The van der Waals surface area contributed by atoms with E-state index < -0.39 is 30.7 Å². The predicted octanol–water partition coefficient (Wildman–Crippen LogP) is 0.858. The summed E-state index contributed by atoms with van der Waals surface area (Å²) in [5.41, 5.74) is 1.36. The lowest BCUT2D eigenvalue weighted by molar-refractivity contribution is -0.282. The Kier molecular flexibility index (Phi) is 8.70. The highest BCUT2D eigenvalue weighted by Gasteiger charge is 2.39. The molecular formula is C24H30O10. The van der Waals surface area contributed by atoms with Gasteiger partial charge in [0.15, 0.2) is 29.3 Å². The molecule has 0 saturated carbocycles. The molecule has 1 heterocycles. The van der Waals surface area contributed by atoms with Crippen molar-refractivity contribution in [3.05, 3.63) is 47.5 Å². The van der Waals surface area contributed by atoms with Crippen molar-refractivity contribution in [1.82, 2.24) is 0 Å². The van der Waals surface area contributed by atoms with Crippen LogP contribution in [0.3, 0.4) is 0 Å². The minimum atomic E-state index is -1.50. The van der Waals surface area contributed by atoms with Gasteiger partial charge in [-0.3, -0.25) is 4.79 Å². The van der Waals surface area contributed by atoms with Crippen LogP contribution in [0.2, 0.25) is 0 Å². The van der Waals surface area contributed by atoms with Crippen LogP contribution in [0.25, 0.3) is 0 Å². The largest absolute Gasteiger partial charge is 0.504 e. The van der Waals surface area contributed by atoms with Crippen LogP contribution in [0.15, 0.2) is 36.4 Å². The first-order valence-corrected chi connectivity index (χ1v) is 11.0. The van der Waals surface area contributed by atoms with E-state index in [4.69, 9.17) is 9.47 Å². The lowest BCUT2D eigenvalue weighted by Gasteiger charge is -2.36. The summed E-state index contributed by atoms with van der Waals surface area (Å²) in [6.45, 7) is -0.236. The molecule has 2 aromatic rings. The molecule has 186 valence electrons. The van der Waals surface area contributed by atoms with Gasteiger partial charge in [-0.15, -0.1) is 0 Å². The van der Waals surface area contributed by atoms with Gasteiger partial charge in [-0.25, -0.2) is 0 Å². The summed E-state index contributed by atoms with van der Waals surface area (Å²) in [5, 5.41) is 67.9. The number of carbonyl (C=O) groups excluding carboxylic acids is 1. The Hall–Kier alpha value is -2.89. The number of rotatable bonds is 10.